The molecule has 0 radical (unpaired) electrons. The average Bonchev–Trinajstić information content (AvgIpc) is 2.68. The molecule has 158 valence electrons. The summed E-state index contributed by atoms with van der Waals surface area (Å²) >= 11 is 0. The van der Waals surface area contributed by atoms with E-state index in [0.29, 0.717) is 30.2 Å². The molecule has 0 saturated carbocycles. The van der Waals surface area contributed by atoms with Gasteiger partial charge in [-0.15, -0.1) is 0 Å². The summed E-state index contributed by atoms with van der Waals surface area (Å²) in [5.74, 6) is 0.462. The molecule has 1 aliphatic heterocycles. The van der Waals surface area contributed by atoms with Crippen molar-refractivity contribution in [3.05, 3.63) is 40.3 Å². The number of unbranched alkanes of at least 4 members (excludes halogenated alkanes) is 1. The third kappa shape index (κ3) is 4.48. The lowest BCUT2D eigenvalue weighted by Gasteiger charge is -2.29. The molecule has 7 nitrogen and oxygen atoms in total. The lowest BCUT2D eigenvalue weighted by molar-refractivity contribution is 0.155. The second kappa shape index (κ2) is 8.59. The van der Waals surface area contributed by atoms with Crippen LogP contribution in [0.15, 0.2) is 34.1 Å². The number of nitrogens with one attached hydrogen (secondary N) is 1. The Morgan fingerprint density at radius 1 is 1.31 bits per heavy atom. The highest BCUT2D eigenvalue weighted by Gasteiger charge is 2.27. The van der Waals surface area contributed by atoms with Crippen molar-refractivity contribution >= 4 is 15.5 Å². The van der Waals surface area contributed by atoms with Gasteiger partial charge in [0, 0.05) is 32.2 Å². The summed E-state index contributed by atoms with van der Waals surface area (Å²) in [5, 5.41) is 3.22. The van der Waals surface area contributed by atoms with Gasteiger partial charge >= 0.3 is 0 Å². The number of sulfone groups is 1. The summed E-state index contributed by atoms with van der Waals surface area (Å²) in [5.41, 5.74) is 2.70. The zero-order valence-electron chi connectivity index (χ0n) is 17.3. The highest BCUT2D eigenvalue weighted by molar-refractivity contribution is 7.90. The summed E-state index contributed by atoms with van der Waals surface area (Å²) < 4.78 is 37.0. The van der Waals surface area contributed by atoms with E-state index in [1.807, 2.05) is 6.07 Å². The zero-order valence-corrected chi connectivity index (χ0v) is 18.1. The molecule has 0 amide bonds. The average molecular weight is 421 g/mol. The number of anilines is 1. The standard InChI is InChI=1S/C21H28N2O5S/c1-5-6-7-14-8-9-16(29(4,25)26)10-17(14)18-11-23(2)21(24)19-20(18)28-13-15(22-19)12-27-3/h8-11,15,22H,5-7,12-13H2,1-4H3/t15-/m0/s1. The molecule has 0 bridgehead atoms. The number of fused-ring (bicyclic) bond motifs is 1. The fourth-order valence-electron chi connectivity index (χ4n) is 3.53. The van der Waals surface area contributed by atoms with E-state index in [2.05, 4.69) is 12.2 Å². The van der Waals surface area contributed by atoms with Gasteiger partial charge in [-0.05, 0) is 36.1 Å². The van der Waals surface area contributed by atoms with Crippen LogP contribution in [-0.4, -0.2) is 45.6 Å². The lowest BCUT2D eigenvalue weighted by Crippen LogP contribution is -2.39. The minimum Gasteiger partial charge on any atom is -0.488 e. The molecule has 3 rings (SSSR count). The van der Waals surface area contributed by atoms with E-state index in [4.69, 9.17) is 9.47 Å². The molecule has 0 fully saturated rings. The number of rotatable bonds is 7. The number of benzene rings is 1. The SMILES string of the molecule is CCCCc1ccc(S(C)(=O)=O)cc1-c1cn(C)c(=O)c2c1OC[C@H](COC)N2. The Bertz CT molecular complexity index is 1060. The van der Waals surface area contributed by atoms with Gasteiger partial charge < -0.3 is 19.4 Å². The van der Waals surface area contributed by atoms with Crippen LogP contribution in [0.25, 0.3) is 11.1 Å². The van der Waals surface area contributed by atoms with Gasteiger partial charge in [0.05, 0.1) is 17.5 Å². The highest BCUT2D eigenvalue weighted by atomic mass is 32.2. The molecule has 1 atom stereocenters. The molecular weight excluding hydrogens is 392 g/mol. The maximum absolute atomic E-state index is 12.7. The first-order chi connectivity index (χ1) is 13.8. The number of ether oxygens (including phenoxy) is 2. The summed E-state index contributed by atoms with van der Waals surface area (Å²) in [6.45, 7) is 2.89. The summed E-state index contributed by atoms with van der Waals surface area (Å²) in [4.78, 5) is 13.0. The van der Waals surface area contributed by atoms with Crippen LogP contribution in [0.4, 0.5) is 5.69 Å². The number of hydrogen-bond acceptors (Lipinski definition) is 6. The van der Waals surface area contributed by atoms with Crippen molar-refractivity contribution in [2.75, 3.05) is 31.9 Å². The third-order valence-electron chi connectivity index (χ3n) is 5.07. The van der Waals surface area contributed by atoms with Crippen LogP contribution in [0.5, 0.6) is 5.75 Å². The van der Waals surface area contributed by atoms with Crippen molar-refractivity contribution in [2.45, 2.75) is 37.1 Å². The van der Waals surface area contributed by atoms with E-state index in [1.165, 1.54) is 10.8 Å². The molecule has 1 aliphatic rings. The minimum atomic E-state index is -3.37. The molecule has 8 heteroatoms. The van der Waals surface area contributed by atoms with Gasteiger partial charge in [0.1, 0.15) is 12.3 Å². The van der Waals surface area contributed by atoms with Gasteiger partial charge in [0.2, 0.25) is 0 Å². The maximum atomic E-state index is 12.7. The zero-order chi connectivity index (χ0) is 21.2. The number of nitrogens with zero attached hydrogens (tertiary/aromatic N) is 1. The Morgan fingerprint density at radius 2 is 2.07 bits per heavy atom. The van der Waals surface area contributed by atoms with Crippen LogP contribution in [0.2, 0.25) is 0 Å². The quantitative estimate of drug-likeness (QED) is 0.741. The van der Waals surface area contributed by atoms with Crippen molar-refractivity contribution in [1.82, 2.24) is 4.57 Å². The normalized spacial score (nSPS) is 16.1. The van der Waals surface area contributed by atoms with Gasteiger partial charge in [0.15, 0.2) is 15.6 Å². The van der Waals surface area contributed by atoms with Crippen molar-refractivity contribution in [1.29, 1.82) is 0 Å². The second-order valence-electron chi connectivity index (χ2n) is 7.47. The maximum Gasteiger partial charge on any atom is 0.277 e. The van der Waals surface area contributed by atoms with E-state index in [9.17, 15) is 13.2 Å². The Hall–Kier alpha value is -2.32. The van der Waals surface area contributed by atoms with E-state index in [0.717, 1.165) is 30.4 Å². The van der Waals surface area contributed by atoms with Crippen molar-refractivity contribution < 1.29 is 17.9 Å². The molecule has 0 aliphatic carbocycles. The lowest BCUT2D eigenvalue weighted by atomic mass is 9.96. The van der Waals surface area contributed by atoms with Gasteiger partial charge in [-0.2, -0.15) is 0 Å². The smallest absolute Gasteiger partial charge is 0.277 e. The summed E-state index contributed by atoms with van der Waals surface area (Å²) in [6.07, 6.45) is 5.73. The molecule has 2 aromatic rings. The van der Waals surface area contributed by atoms with Crippen molar-refractivity contribution in [3.8, 4) is 16.9 Å². The Labute approximate surface area is 171 Å². The van der Waals surface area contributed by atoms with Crippen LogP contribution in [0.3, 0.4) is 0 Å². The minimum absolute atomic E-state index is 0.127. The van der Waals surface area contributed by atoms with E-state index in [-0.39, 0.29) is 16.5 Å². The van der Waals surface area contributed by atoms with Gasteiger partial charge in [-0.25, -0.2) is 8.42 Å². The first-order valence-corrected chi connectivity index (χ1v) is 11.6. The Balaban J connectivity index is 2.21. The monoisotopic (exact) mass is 420 g/mol. The first-order valence-electron chi connectivity index (χ1n) is 9.71. The first kappa shape index (κ1) is 21.4. The van der Waals surface area contributed by atoms with E-state index in [1.54, 1.807) is 32.5 Å². The van der Waals surface area contributed by atoms with Gasteiger partial charge in [-0.1, -0.05) is 19.4 Å². The molecule has 0 unspecified atom stereocenters. The van der Waals surface area contributed by atoms with Crippen LogP contribution in [0, 0.1) is 0 Å². The Morgan fingerprint density at radius 3 is 2.72 bits per heavy atom. The molecule has 1 aromatic heterocycles. The number of methoxy groups -OCH3 is 1. The Kier molecular flexibility index (Phi) is 6.33. The fraction of sp³-hybridized carbons (Fsp3) is 0.476. The van der Waals surface area contributed by atoms with Crippen LogP contribution in [0.1, 0.15) is 25.3 Å². The molecule has 0 saturated heterocycles. The fourth-order valence-corrected chi connectivity index (χ4v) is 4.18. The third-order valence-corrected chi connectivity index (χ3v) is 6.18. The number of aryl methyl sites for hydroxylation is 2. The van der Waals surface area contributed by atoms with Gasteiger partial charge in [0.25, 0.3) is 5.56 Å². The predicted molar refractivity (Wildman–Crippen MR) is 114 cm³/mol. The molecule has 0 spiro atoms. The number of hydrogen-bond donors (Lipinski definition) is 1. The topological polar surface area (TPSA) is 86.6 Å². The van der Waals surface area contributed by atoms with Crippen LogP contribution >= 0.6 is 0 Å². The molecule has 1 N–H and O–H groups in total. The molecule has 29 heavy (non-hydrogen) atoms. The van der Waals surface area contributed by atoms with Crippen LogP contribution < -0.4 is 15.6 Å². The number of pyridine rings is 1. The highest BCUT2D eigenvalue weighted by Crippen LogP contribution is 2.39. The molecule has 1 aromatic carbocycles. The van der Waals surface area contributed by atoms with Crippen molar-refractivity contribution in [2.24, 2.45) is 7.05 Å². The van der Waals surface area contributed by atoms with Crippen molar-refractivity contribution in [3.63, 3.8) is 0 Å². The van der Waals surface area contributed by atoms with E-state index < -0.39 is 9.84 Å². The molecular formula is C21H28N2O5S. The predicted octanol–water partition coefficient (Wildman–Crippen LogP) is 2.62. The number of aromatic nitrogens is 1. The largest absolute Gasteiger partial charge is 0.488 e. The van der Waals surface area contributed by atoms with Crippen LogP contribution in [-0.2, 0) is 28.0 Å². The van der Waals surface area contributed by atoms with Gasteiger partial charge in [-0.3, -0.25) is 4.79 Å². The van der Waals surface area contributed by atoms with E-state index >= 15 is 0 Å². The molecule has 2 heterocycles. The summed E-state index contributed by atoms with van der Waals surface area (Å²) in [6, 6.07) is 5.07. The summed E-state index contributed by atoms with van der Waals surface area (Å²) in [7, 11) is -0.0877. The second-order valence-corrected chi connectivity index (χ2v) is 9.48.